The zero-order chi connectivity index (χ0) is 14.5. The predicted octanol–water partition coefficient (Wildman–Crippen LogP) is 2.69. The second-order valence-corrected chi connectivity index (χ2v) is 11.2. The molecule has 1 aromatic carbocycles. The normalized spacial score (nSPS) is 26.5. The summed E-state index contributed by atoms with van der Waals surface area (Å²) in [6, 6.07) is 10.5. The van der Waals surface area contributed by atoms with Crippen molar-refractivity contribution in [2.45, 2.75) is 43.8 Å². The Labute approximate surface area is 131 Å². The van der Waals surface area contributed by atoms with E-state index in [1.165, 1.54) is 60.1 Å². The molecule has 2 fully saturated rings. The van der Waals surface area contributed by atoms with Crippen LogP contribution >= 0.6 is 0 Å². The van der Waals surface area contributed by atoms with Gasteiger partial charge in [-0.2, -0.15) is 0 Å². The topological polar surface area (TPSA) is 18.5 Å². The Morgan fingerprint density at radius 3 is 2.52 bits per heavy atom. The van der Waals surface area contributed by atoms with Gasteiger partial charge in [-0.25, -0.2) is 0 Å². The van der Waals surface area contributed by atoms with Crippen LogP contribution < -0.4 is 5.19 Å². The molecular formula is C17H26O2Si2. The summed E-state index contributed by atoms with van der Waals surface area (Å²) in [5, 5.41) is 1.54. The molecule has 0 aliphatic carbocycles. The molecule has 4 heteroatoms. The van der Waals surface area contributed by atoms with Gasteiger partial charge in [0.25, 0.3) is 0 Å². The highest BCUT2D eigenvalue weighted by molar-refractivity contribution is 6.68. The average Bonchev–Trinajstić information content (AvgIpc) is 2.57. The highest BCUT2D eigenvalue weighted by atomic mass is 28.3. The second-order valence-electron chi connectivity index (χ2n) is 6.17. The molecule has 3 rings (SSSR count). The first-order valence-electron chi connectivity index (χ1n) is 8.36. The number of benzene rings is 1. The molecule has 21 heavy (non-hydrogen) atoms. The molecule has 0 radical (unpaired) electrons. The Hall–Kier alpha value is -0.686. The van der Waals surface area contributed by atoms with Crippen molar-refractivity contribution in [3.63, 3.8) is 0 Å². The minimum atomic E-state index is -1.22. The van der Waals surface area contributed by atoms with Crippen LogP contribution in [0.5, 0.6) is 0 Å². The molecule has 1 aromatic rings. The predicted molar refractivity (Wildman–Crippen MR) is 94.2 cm³/mol. The second kappa shape index (κ2) is 7.54. The molecule has 0 N–H and O–H groups in total. The van der Waals surface area contributed by atoms with Crippen LogP contribution in [0.4, 0.5) is 0 Å². The van der Waals surface area contributed by atoms with E-state index in [4.69, 9.17) is 8.85 Å². The molecule has 0 aromatic heterocycles. The molecule has 2 nitrogen and oxygen atoms in total. The molecule has 0 spiro atoms. The molecule has 0 saturated carbocycles. The number of hydrogen-bond donors (Lipinski definition) is 0. The minimum Gasteiger partial charge on any atom is -0.420 e. The molecule has 2 heterocycles. The van der Waals surface area contributed by atoms with Crippen molar-refractivity contribution in [3.8, 4) is 0 Å². The van der Waals surface area contributed by atoms with Crippen LogP contribution in [0, 0.1) is 0 Å². The number of rotatable bonds is 4. The van der Waals surface area contributed by atoms with Gasteiger partial charge in [0.15, 0.2) is 9.04 Å². The summed E-state index contributed by atoms with van der Waals surface area (Å²) in [6.07, 6.45) is 7.21. The Morgan fingerprint density at radius 1 is 1.05 bits per heavy atom. The third kappa shape index (κ3) is 3.75. The molecule has 114 valence electrons. The maximum Gasteiger partial charge on any atom is 0.208 e. The van der Waals surface area contributed by atoms with E-state index in [9.17, 15) is 0 Å². The maximum atomic E-state index is 6.17. The third-order valence-corrected chi connectivity index (χ3v) is 10.1. The molecule has 2 aliphatic heterocycles. The fourth-order valence-electron chi connectivity index (χ4n) is 3.53. The minimum absolute atomic E-state index is 0.964. The largest absolute Gasteiger partial charge is 0.420 e. The van der Waals surface area contributed by atoms with Gasteiger partial charge in [-0.05, 0) is 47.3 Å². The van der Waals surface area contributed by atoms with E-state index < -0.39 is 18.1 Å². The Kier molecular flexibility index (Phi) is 5.46. The lowest BCUT2D eigenvalue weighted by atomic mass is 10.1. The van der Waals surface area contributed by atoms with E-state index in [1.54, 1.807) is 0 Å². The van der Waals surface area contributed by atoms with Crippen molar-refractivity contribution >= 4 is 29.3 Å². The van der Waals surface area contributed by atoms with Gasteiger partial charge in [-0.1, -0.05) is 43.7 Å². The molecule has 2 unspecified atom stereocenters. The monoisotopic (exact) mass is 318 g/mol. The van der Waals surface area contributed by atoms with Crippen LogP contribution in [-0.4, -0.2) is 31.3 Å². The van der Waals surface area contributed by atoms with Gasteiger partial charge in [0, 0.05) is 13.2 Å². The molecule has 2 atom stereocenters. The highest BCUT2D eigenvalue weighted by Gasteiger charge is 2.25. The van der Waals surface area contributed by atoms with E-state index >= 15 is 0 Å². The fraction of sp³-hybridized carbons (Fsp3) is 0.529. The smallest absolute Gasteiger partial charge is 0.208 e. The average molecular weight is 319 g/mol. The summed E-state index contributed by atoms with van der Waals surface area (Å²) in [6.45, 7) is 5.97. The van der Waals surface area contributed by atoms with Crippen molar-refractivity contribution in [1.29, 1.82) is 0 Å². The standard InChI is InChI=1S/C17H26O2Si2/c1-2-15-8-7-9-17(21-13-6-4-11-19-21)16(15)14-20-12-5-3-10-18-20/h2,7-9,20-21H,1,3-6,10-14H2. The van der Waals surface area contributed by atoms with Crippen LogP contribution in [0.15, 0.2) is 24.8 Å². The summed E-state index contributed by atoms with van der Waals surface area (Å²) >= 11 is 0. The third-order valence-electron chi connectivity index (χ3n) is 4.70. The zero-order valence-electron chi connectivity index (χ0n) is 12.9. The number of hydrogen-bond acceptors (Lipinski definition) is 2. The SMILES string of the molecule is C=Cc1cccc([SiH]2CCCCO2)c1C[SiH]1CCCCO1. The van der Waals surface area contributed by atoms with Gasteiger partial charge in [-0.3, -0.25) is 0 Å². The van der Waals surface area contributed by atoms with Crippen molar-refractivity contribution in [2.75, 3.05) is 13.2 Å². The highest BCUT2D eigenvalue weighted by Crippen LogP contribution is 2.20. The molecule has 0 amide bonds. The maximum absolute atomic E-state index is 6.17. The van der Waals surface area contributed by atoms with Gasteiger partial charge in [0.05, 0.1) is 0 Å². The lowest BCUT2D eigenvalue weighted by Gasteiger charge is -2.27. The summed E-state index contributed by atoms with van der Waals surface area (Å²) in [5.41, 5.74) is 2.83. The van der Waals surface area contributed by atoms with E-state index in [2.05, 4.69) is 24.8 Å². The first kappa shape index (κ1) is 15.2. The van der Waals surface area contributed by atoms with Crippen LogP contribution in [-0.2, 0) is 14.9 Å². The van der Waals surface area contributed by atoms with Gasteiger partial charge < -0.3 is 8.85 Å². The van der Waals surface area contributed by atoms with Gasteiger partial charge in [0.2, 0.25) is 9.04 Å². The van der Waals surface area contributed by atoms with E-state index in [-0.39, 0.29) is 0 Å². The first-order chi connectivity index (χ1) is 10.4. The van der Waals surface area contributed by atoms with Gasteiger partial charge in [0.1, 0.15) is 0 Å². The summed E-state index contributed by atoms with van der Waals surface area (Å²) in [5.74, 6) is 0. The Bertz CT molecular complexity index is 478. The zero-order valence-corrected chi connectivity index (χ0v) is 15.2. The molecular weight excluding hydrogens is 292 g/mol. The van der Waals surface area contributed by atoms with Crippen molar-refractivity contribution in [3.05, 3.63) is 35.9 Å². The van der Waals surface area contributed by atoms with Gasteiger partial charge in [-0.15, -0.1) is 0 Å². The van der Waals surface area contributed by atoms with E-state index in [0.29, 0.717) is 0 Å². The van der Waals surface area contributed by atoms with Crippen LogP contribution in [0.25, 0.3) is 6.08 Å². The molecule has 0 bridgehead atoms. The van der Waals surface area contributed by atoms with Crippen molar-refractivity contribution < 1.29 is 8.85 Å². The molecule has 2 saturated heterocycles. The molecule has 2 aliphatic rings. The van der Waals surface area contributed by atoms with E-state index in [1.807, 2.05) is 6.08 Å². The quantitative estimate of drug-likeness (QED) is 0.795. The summed E-state index contributed by atoms with van der Waals surface area (Å²) in [4.78, 5) is 0. The van der Waals surface area contributed by atoms with Crippen LogP contribution in [0.3, 0.4) is 0 Å². The Morgan fingerprint density at radius 2 is 1.86 bits per heavy atom. The van der Waals surface area contributed by atoms with Crippen molar-refractivity contribution in [1.82, 2.24) is 0 Å². The van der Waals surface area contributed by atoms with Crippen molar-refractivity contribution in [2.24, 2.45) is 0 Å². The lowest BCUT2D eigenvalue weighted by Crippen LogP contribution is -2.40. The van der Waals surface area contributed by atoms with Crippen LogP contribution in [0.2, 0.25) is 12.1 Å². The first-order valence-corrected chi connectivity index (χ1v) is 12.3. The fourth-order valence-corrected chi connectivity index (χ4v) is 9.20. The van der Waals surface area contributed by atoms with Crippen LogP contribution in [0.1, 0.15) is 36.8 Å². The summed E-state index contributed by atoms with van der Waals surface area (Å²) in [7, 11) is -2.28. The van der Waals surface area contributed by atoms with E-state index in [0.717, 1.165) is 13.2 Å². The van der Waals surface area contributed by atoms with Gasteiger partial charge >= 0.3 is 0 Å². The Balaban J connectivity index is 1.85. The lowest BCUT2D eigenvalue weighted by molar-refractivity contribution is 0.286. The summed E-state index contributed by atoms with van der Waals surface area (Å²) < 4.78 is 12.3.